The maximum Gasteiger partial charge on any atom is 0.261 e. The van der Waals surface area contributed by atoms with Gasteiger partial charge in [-0.05, 0) is 34.8 Å². The monoisotopic (exact) mass is 548 g/mol. The van der Waals surface area contributed by atoms with Crippen LogP contribution in [-0.2, 0) is 30.0 Å². The number of rotatable bonds is 9. The van der Waals surface area contributed by atoms with Crippen LogP contribution in [0.3, 0.4) is 0 Å². The molecule has 2 aliphatic heterocycles. The van der Waals surface area contributed by atoms with Gasteiger partial charge in [0.25, 0.3) is 8.32 Å². The molecule has 3 aromatic rings. The first kappa shape index (κ1) is 28.2. The van der Waals surface area contributed by atoms with Gasteiger partial charge in [-0.25, -0.2) is 0 Å². The van der Waals surface area contributed by atoms with Crippen LogP contribution in [0.25, 0.3) is 0 Å². The van der Waals surface area contributed by atoms with Gasteiger partial charge in [0.2, 0.25) is 0 Å². The predicted octanol–water partition coefficient (Wildman–Crippen LogP) is 4.39. The minimum atomic E-state index is -2.83. The Morgan fingerprint density at radius 3 is 1.92 bits per heavy atom. The van der Waals surface area contributed by atoms with Crippen LogP contribution in [0.2, 0.25) is 5.04 Å². The lowest BCUT2D eigenvalue weighted by Gasteiger charge is -2.43. The van der Waals surface area contributed by atoms with E-state index in [1.165, 1.54) is 0 Å². The van der Waals surface area contributed by atoms with E-state index in [4.69, 9.17) is 23.4 Å². The highest BCUT2D eigenvalue weighted by atomic mass is 28.4. The van der Waals surface area contributed by atoms with Crippen molar-refractivity contribution in [3.63, 3.8) is 0 Å². The zero-order valence-electron chi connectivity index (χ0n) is 23.4. The molecule has 0 saturated carbocycles. The summed E-state index contributed by atoms with van der Waals surface area (Å²) >= 11 is 0. The van der Waals surface area contributed by atoms with Crippen molar-refractivity contribution in [1.82, 2.24) is 0 Å². The summed E-state index contributed by atoms with van der Waals surface area (Å²) in [6.07, 6.45) is -3.20. The van der Waals surface area contributed by atoms with Crippen LogP contribution in [0, 0.1) is 0 Å². The zero-order valence-corrected chi connectivity index (χ0v) is 24.4. The maximum atomic E-state index is 11.6. The van der Waals surface area contributed by atoms with Gasteiger partial charge in [-0.1, -0.05) is 112 Å². The lowest BCUT2D eigenvalue weighted by molar-refractivity contribution is -0.231. The topological polar surface area (TPSA) is 66.4 Å². The SMILES string of the molecule is CC1(C)O[C@H]2O[C@H]([C@H](O)CO[Si](c3ccccc3)(c3ccccc3)C(C)(C)C)[C@H](OCc3ccccc3)[C@H]2O1. The molecule has 2 aliphatic rings. The molecule has 0 aliphatic carbocycles. The minimum Gasteiger partial charge on any atom is -0.405 e. The maximum absolute atomic E-state index is 11.6. The molecule has 0 radical (unpaired) electrons. The van der Waals surface area contributed by atoms with E-state index in [1.54, 1.807) is 0 Å². The molecule has 39 heavy (non-hydrogen) atoms. The zero-order chi connectivity index (χ0) is 27.7. The molecule has 5 atom stereocenters. The van der Waals surface area contributed by atoms with Crippen LogP contribution in [-0.4, -0.2) is 56.5 Å². The third-order valence-corrected chi connectivity index (χ3v) is 12.6. The van der Waals surface area contributed by atoms with Gasteiger partial charge in [0.15, 0.2) is 12.1 Å². The normalized spacial score (nSPS) is 25.4. The minimum absolute atomic E-state index is 0.0893. The number of aliphatic hydroxyl groups is 1. The van der Waals surface area contributed by atoms with Crippen molar-refractivity contribution < 1.29 is 28.5 Å². The highest BCUT2D eigenvalue weighted by molar-refractivity contribution is 6.99. The molecule has 5 rings (SSSR count). The van der Waals surface area contributed by atoms with E-state index in [0.29, 0.717) is 6.61 Å². The van der Waals surface area contributed by atoms with Crippen LogP contribution >= 0.6 is 0 Å². The Kier molecular flexibility index (Phi) is 8.13. The molecule has 1 N–H and O–H groups in total. The lowest BCUT2D eigenvalue weighted by atomic mass is 10.1. The predicted molar refractivity (Wildman–Crippen MR) is 153 cm³/mol. The average molecular weight is 549 g/mol. The third kappa shape index (κ3) is 5.76. The van der Waals surface area contributed by atoms with Gasteiger partial charge in [-0.3, -0.25) is 0 Å². The van der Waals surface area contributed by atoms with Gasteiger partial charge in [0.1, 0.15) is 24.4 Å². The number of hydrogen-bond donors (Lipinski definition) is 1. The van der Waals surface area contributed by atoms with Crippen LogP contribution in [0.15, 0.2) is 91.0 Å². The first-order chi connectivity index (χ1) is 18.6. The first-order valence-electron chi connectivity index (χ1n) is 13.7. The second kappa shape index (κ2) is 11.3. The molecule has 0 amide bonds. The van der Waals surface area contributed by atoms with Crippen molar-refractivity contribution in [1.29, 1.82) is 0 Å². The van der Waals surface area contributed by atoms with E-state index in [1.807, 2.05) is 56.3 Å². The summed E-state index contributed by atoms with van der Waals surface area (Å²) in [6.45, 7) is 10.8. The van der Waals surface area contributed by atoms with E-state index < -0.39 is 44.8 Å². The summed E-state index contributed by atoms with van der Waals surface area (Å²) in [5.41, 5.74) is 1.04. The molecule has 2 heterocycles. The van der Waals surface area contributed by atoms with Crippen LogP contribution in [0.5, 0.6) is 0 Å². The summed E-state index contributed by atoms with van der Waals surface area (Å²) in [5, 5.41) is 13.7. The quantitative estimate of drug-likeness (QED) is 0.400. The van der Waals surface area contributed by atoms with Gasteiger partial charge in [0, 0.05) is 0 Å². The standard InChI is InChI=1S/C32H40O6Si/c1-31(2,3)39(24-17-11-7-12-18-24,25-19-13-8-14-20-25)35-22-26(33)27-28(34-21-23-15-9-6-10-16-23)29-30(36-27)38-32(4,5)37-29/h6-20,26-30,33H,21-22H2,1-5H3/t26-,27-,28+,29-,30-/m1/s1. The summed E-state index contributed by atoms with van der Waals surface area (Å²) in [6, 6.07) is 30.8. The number of hydrogen-bond acceptors (Lipinski definition) is 6. The third-order valence-electron chi connectivity index (χ3n) is 7.58. The Bertz CT molecular complexity index is 1160. The molecular weight excluding hydrogens is 508 g/mol. The summed E-state index contributed by atoms with van der Waals surface area (Å²) in [5.74, 6) is -0.787. The lowest BCUT2D eigenvalue weighted by Crippen LogP contribution is -2.67. The van der Waals surface area contributed by atoms with Gasteiger partial charge in [-0.15, -0.1) is 0 Å². The number of benzene rings is 3. The highest BCUT2D eigenvalue weighted by Gasteiger charge is 2.58. The Morgan fingerprint density at radius 2 is 1.38 bits per heavy atom. The van der Waals surface area contributed by atoms with Crippen molar-refractivity contribution in [2.24, 2.45) is 0 Å². The Morgan fingerprint density at radius 1 is 0.846 bits per heavy atom. The van der Waals surface area contributed by atoms with Crippen molar-refractivity contribution in [2.75, 3.05) is 6.61 Å². The molecule has 3 aromatic carbocycles. The van der Waals surface area contributed by atoms with Gasteiger partial charge in [-0.2, -0.15) is 0 Å². The van der Waals surface area contributed by atoms with Crippen molar-refractivity contribution in [3.8, 4) is 0 Å². The fraction of sp³-hybridized carbons (Fsp3) is 0.438. The molecule has 0 spiro atoms. The second-order valence-electron chi connectivity index (χ2n) is 11.9. The fourth-order valence-electron chi connectivity index (χ4n) is 5.84. The summed E-state index contributed by atoms with van der Waals surface area (Å²) in [4.78, 5) is 0. The van der Waals surface area contributed by atoms with E-state index in [0.717, 1.165) is 15.9 Å². The van der Waals surface area contributed by atoms with Gasteiger partial charge >= 0.3 is 0 Å². The number of fused-ring (bicyclic) bond motifs is 1. The molecule has 2 saturated heterocycles. The molecule has 208 valence electrons. The molecule has 7 heteroatoms. The average Bonchev–Trinajstić information content (AvgIpc) is 3.40. The van der Waals surface area contributed by atoms with Crippen LogP contribution in [0.4, 0.5) is 0 Å². The number of ether oxygens (including phenoxy) is 4. The highest BCUT2D eigenvalue weighted by Crippen LogP contribution is 2.41. The first-order valence-corrected chi connectivity index (χ1v) is 15.6. The molecular formula is C32H40O6Si. The van der Waals surface area contributed by atoms with Crippen molar-refractivity contribution in [3.05, 3.63) is 96.6 Å². The second-order valence-corrected chi connectivity index (χ2v) is 16.2. The summed E-state index contributed by atoms with van der Waals surface area (Å²) < 4.78 is 31.8. The molecule has 0 bridgehead atoms. The molecule has 0 aromatic heterocycles. The smallest absolute Gasteiger partial charge is 0.261 e. The largest absolute Gasteiger partial charge is 0.405 e. The van der Waals surface area contributed by atoms with Crippen LogP contribution in [0.1, 0.15) is 40.2 Å². The Labute approximate surface area is 233 Å². The van der Waals surface area contributed by atoms with E-state index in [-0.39, 0.29) is 11.6 Å². The summed E-state index contributed by atoms with van der Waals surface area (Å²) in [7, 11) is -2.83. The van der Waals surface area contributed by atoms with E-state index >= 15 is 0 Å². The number of aliphatic hydroxyl groups excluding tert-OH is 1. The Balaban J connectivity index is 1.41. The molecule has 2 fully saturated rings. The fourth-order valence-corrected chi connectivity index (χ4v) is 10.4. The van der Waals surface area contributed by atoms with Gasteiger partial charge < -0.3 is 28.5 Å². The molecule has 6 nitrogen and oxygen atoms in total. The van der Waals surface area contributed by atoms with E-state index in [9.17, 15) is 5.11 Å². The van der Waals surface area contributed by atoms with E-state index in [2.05, 4.69) is 69.3 Å². The van der Waals surface area contributed by atoms with Gasteiger partial charge in [0.05, 0.1) is 13.2 Å². The van der Waals surface area contributed by atoms with Crippen molar-refractivity contribution in [2.45, 2.75) is 82.8 Å². The molecule has 0 unspecified atom stereocenters. The van der Waals surface area contributed by atoms with Crippen molar-refractivity contribution >= 4 is 18.7 Å². The van der Waals surface area contributed by atoms with Crippen LogP contribution < -0.4 is 10.4 Å². The Hall–Kier alpha value is -2.36.